The van der Waals surface area contributed by atoms with Gasteiger partial charge >= 0.3 is 0 Å². The Morgan fingerprint density at radius 3 is 1.40 bits per heavy atom. The van der Waals surface area contributed by atoms with E-state index in [0.29, 0.717) is 13.2 Å². The third-order valence-electron chi connectivity index (χ3n) is 8.30. The van der Waals surface area contributed by atoms with Crippen LogP contribution in [-0.2, 0) is 26.1 Å². The molecule has 50 heavy (non-hydrogen) atoms. The van der Waals surface area contributed by atoms with E-state index >= 15 is 0 Å². The average molecular weight is 685 g/mol. The van der Waals surface area contributed by atoms with E-state index in [1.54, 1.807) is 26.6 Å². The molecule has 272 valence electrons. The van der Waals surface area contributed by atoms with E-state index in [1.807, 2.05) is 60.7 Å². The van der Waals surface area contributed by atoms with Crippen LogP contribution >= 0.6 is 0 Å². The van der Waals surface area contributed by atoms with Crippen LogP contribution < -0.4 is 29.6 Å². The van der Waals surface area contributed by atoms with Crippen molar-refractivity contribution < 1.29 is 18.9 Å². The smallest absolute Gasteiger partial charge is 0.164 e. The van der Waals surface area contributed by atoms with Gasteiger partial charge < -0.3 is 29.6 Å². The number of nitrogens with zero attached hydrogens (tertiary/aromatic N) is 2. The Labute approximate surface area is 301 Å². The van der Waals surface area contributed by atoms with Gasteiger partial charge in [0.15, 0.2) is 23.0 Å². The Kier molecular flexibility index (Phi) is 20.8. The first-order valence-corrected chi connectivity index (χ1v) is 18.5. The van der Waals surface area contributed by atoms with E-state index in [2.05, 4.69) is 46.6 Å². The largest absolute Gasteiger partial charge is 0.493 e. The molecule has 8 nitrogen and oxygen atoms in total. The molecule has 4 aromatic rings. The number of hydrogen-bond acceptors (Lipinski definition) is 8. The molecule has 0 atom stereocenters. The number of pyridine rings is 2. The summed E-state index contributed by atoms with van der Waals surface area (Å²) in [6.07, 6.45) is 15.7. The maximum absolute atomic E-state index is 6.05. The molecular formula is C42H60N4O4. The lowest BCUT2D eigenvalue weighted by molar-refractivity contribution is 0.277. The Morgan fingerprint density at radius 2 is 0.960 bits per heavy atom. The monoisotopic (exact) mass is 684 g/mol. The molecule has 4 rings (SSSR count). The summed E-state index contributed by atoms with van der Waals surface area (Å²) in [6, 6.07) is 23.8. The first kappa shape index (κ1) is 40.3. The number of ether oxygens (including phenoxy) is 4. The second kappa shape index (κ2) is 25.8. The minimum atomic E-state index is 0.443. The molecule has 0 aliphatic heterocycles. The maximum atomic E-state index is 6.05. The lowest BCUT2D eigenvalue weighted by atomic mass is 10.1. The summed E-state index contributed by atoms with van der Waals surface area (Å²) < 4.78 is 23.0. The van der Waals surface area contributed by atoms with E-state index in [1.165, 1.54) is 56.9 Å². The fourth-order valence-electron chi connectivity index (χ4n) is 5.47. The second-order valence-corrected chi connectivity index (χ2v) is 12.2. The van der Waals surface area contributed by atoms with Crippen LogP contribution in [0.5, 0.6) is 23.0 Å². The molecule has 0 aliphatic rings. The molecule has 0 radical (unpaired) electrons. The Balaban J connectivity index is 0.000000271. The van der Waals surface area contributed by atoms with Crippen LogP contribution in [0.15, 0.2) is 85.2 Å². The molecule has 0 bridgehead atoms. The molecule has 0 saturated carbocycles. The predicted octanol–water partition coefficient (Wildman–Crippen LogP) is 8.76. The van der Waals surface area contributed by atoms with Gasteiger partial charge in [0.2, 0.25) is 0 Å². The van der Waals surface area contributed by atoms with Crippen LogP contribution in [0.3, 0.4) is 0 Å². The summed E-state index contributed by atoms with van der Waals surface area (Å²) in [6.45, 7) is 9.40. The van der Waals surface area contributed by atoms with Crippen molar-refractivity contribution in [2.24, 2.45) is 0 Å². The lowest BCUT2D eigenvalue weighted by Crippen LogP contribution is -2.19. The molecule has 0 saturated heterocycles. The van der Waals surface area contributed by atoms with Crippen molar-refractivity contribution in [3.05, 3.63) is 108 Å². The van der Waals surface area contributed by atoms with E-state index in [0.717, 1.165) is 79.0 Å². The standard InChI is InChI=1S/C22H32N2O2.C20H28N2O2/c1-3-4-5-6-8-15-23-17-14-19-11-10-13-21(25-2)22(19)26-18-20-12-7-9-16-24-20;1-3-4-6-13-21-15-12-17-9-8-11-19(23-2)20(17)24-16-18-10-5-7-14-22-18/h7,9-13,16,23H,3-6,8,14-15,17-18H2,1-2H3;5,7-11,14,21H,3-4,6,12-13,15-16H2,1-2H3. The number of methoxy groups -OCH3 is 2. The molecule has 0 aliphatic carbocycles. The summed E-state index contributed by atoms with van der Waals surface area (Å²) >= 11 is 0. The van der Waals surface area contributed by atoms with Crippen molar-refractivity contribution >= 4 is 0 Å². The molecule has 2 heterocycles. The third-order valence-corrected chi connectivity index (χ3v) is 8.30. The van der Waals surface area contributed by atoms with E-state index in [4.69, 9.17) is 18.9 Å². The fourth-order valence-corrected chi connectivity index (χ4v) is 5.47. The van der Waals surface area contributed by atoms with E-state index in [9.17, 15) is 0 Å². The van der Waals surface area contributed by atoms with Gasteiger partial charge in [-0.05, 0) is 99.4 Å². The van der Waals surface area contributed by atoms with Crippen molar-refractivity contribution in [1.29, 1.82) is 0 Å². The minimum Gasteiger partial charge on any atom is -0.493 e. The molecule has 0 unspecified atom stereocenters. The zero-order valence-electron chi connectivity index (χ0n) is 30.9. The minimum absolute atomic E-state index is 0.443. The normalized spacial score (nSPS) is 10.6. The third kappa shape index (κ3) is 15.6. The first-order valence-electron chi connectivity index (χ1n) is 18.5. The Morgan fingerprint density at radius 1 is 0.500 bits per heavy atom. The van der Waals surface area contributed by atoms with Crippen molar-refractivity contribution in [3.63, 3.8) is 0 Å². The first-order chi connectivity index (χ1) is 24.7. The van der Waals surface area contributed by atoms with Crippen molar-refractivity contribution in [3.8, 4) is 23.0 Å². The van der Waals surface area contributed by atoms with E-state index in [-0.39, 0.29) is 0 Å². The highest BCUT2D eigenvalue weighted by Crippen LogP contribution is 2.33. The topological polar surface area (TPSA) is 86.8 Å². The van der Waals surface area contributed by atoms with Gasteiger partial charge in [0.05, 0.1) is 25.6 Å². The van der Waals surface area contributed by atoms with Crippen molar-refractivity contribution in [1.82, 2.24) is 20.6 Å². The summed E-state index contributed by atoms with van der Waals surface area (Å²) in [5.74, 6) is 3.19. The van der Waals surface area contributed by atoms with Crippen LogP contribution in [0, 0.1) is 0 Å². The van der Waals surface area contributed by atoms with Crippen LogP contribution in [0.25, 0.3) is 0 Å². The number of hydrogen-bond donors (Lipinski definition) is 2. The van der Waals surface area contributed by atoms with Gasteiger partial charge in [0, 0.05) is 12.4 Å². The quantitative estimate of drug-likeness (QED) is 0.0709. The number of unbranched alkanes of at least 4 members (excludes halogenated alkanes) is 6. The highest BCUT2D eigenvalue weighted by Gasteiger charge is 2.12. The van der Waals surface area contributed by atoms with Crippen LogP contribution in [-0.4, -0.2) is 50.4 Å². The zero-order valence-corrected chi connectivity index (χ0v) is 30.9. The summed E-state index contributed by atoms with van der Waals surface area (Å²) in [5.41, 5.74) is 4.15. The van der Waals surface area contributed by atoms with Gasteiger partial charge in [0.25, 0.3) is 0 Å². The number of benzene rings is 2. The predicted molar refractivity (Wildman–Crippen MR) is 205 cm³/mol. The Hall–Kier alpha value is -4.14. The molecule has 8 heteroatoms. The molecule has 2 aromatic heterocycles. The van der Waals surface area contributed by atoms with Crippen LogP contribution in [0.2, 0.25) is 0 Å². The fraction of sp³-hybridized carbons (Fsp3) is 0.476. The molecule has 0 fully saturated rings. The molecule has 0 amide bonds. The maximum Gasteiger partial charge on any atom is 0.164 e. The SMILES string of the molecule is CCCCCCCNCCc1cccc(OC)c1OCc1ccccn1.CCCCCNCCc1cccc(OC)c1OCc1ccccn1. The van der Waals surface area contributed by atoms with Gasteiger partial charge in [-0.1, -0.05) is 88.8 Å². The zero-order chi connectivity index (χ0) is 35.5. The lowest BCUT2D eigenvalue weighted by Gasteiger charge is -2.15. The van der Waals surface area contributed by atoms with Gasteiger partial charge in [-0.2, -0.15) is 0 Å². The second-order valence-electron chi connectivity index (χ2n) is 12.2. The van der Waals surface area contributed by atoms with Gasteiger partial charge in [-0.25, -0.2) is 0 Å². The number of rotatable bonds is 24. The van der Waals surface area contributed by atoms with E-state index < -0.39 is 0 Å². The number of nitrogens with one attached hydrogen (secondary N) is 2. The molecular weight excluding hydrogens is 624 g/mol. The van der Waals surface area contributed by atoms with Gasteiger partial charge in [0.1, 0.15) is 13.2 Å². The number of para-hydroxylation sites is 2. The van der Waals surface area contributed by atoms with Gasteiger partial charge in [-0.15, -0.1) is 0 Å². The van der Waals surface area contributed by atoms with Crippen molar-refractivity contribution in [2.45, 2.75) is 91.3 Å². The summed E-state index contributed by atoms with van der Waals surface area (Å²) in [4.78, 5) is 8.62. The van der Waals surface area contributed by atoms with Gasteiger partial charge in [-0.3, -0.25) is 9.97 Å². The van der Waals surface area contributed by atoms with Crippen molar-refractivity contribution in [2.75, 3.05) is 40.4 Å². The molecule has 0 spiro atoms. The Bertz CT molecular complexity index is 1420. The molecule has 2 aromatic carbocycles. The summed E-state index contributed by atoms with van der Waals surface area (Å²) in [7, 11) is 3.36. The highest BCUT2D eigenvalue weighted by atomic mass is 16.5. The molecule has 2 N–H and O–H groups in total. The average Bonchev–Trinajstić information content (AvgIpc) is 3.16. The van der Waals surface area contributed by atoms with Crippen LogP contribution in [0.4, 0.5) is 0 Å². The number of aromatic nitrogens is 2. The van der Waals surface area contributed by atoms with Crippen LogP contribution in [0.1, 0.15) is 87.7 Å². The summed E-state index contributed by atoms with van der Waals surface area (Å²) in [5, 5.41) is 7.04. The highest BCUT2D eigenvalue weighted by molar-refractivity contribution is 5.47.